The molecule has 2 rings (SSSR count). The maximum absolute atomic E-state index is 11.8. The van der Waals surface area contributed by atoms with Gasteiger partial charge in [-0.2, -0.15) is 0 Å². The topological polar surface area (TPSA) is 67.1 Å². The van der Waals surface area contributed by atoms with Gasteiger partial charge in [0.25, 0.3) is 0 Å². The molecule has 0 aliphatic heterocycles. The van der Waals surface area contributed by atoms with Crippen molar-refractivity contribution >= 4 is 46.3 Å². The monoisotopic (exact) mass is 295 g/mol. The van der Waals surface area contributed by atoms with Crippen LogP contribution in [0.2, 0.25) is 10.0 Å². The Kier molecular flexibility index (Phi) is 4.14. The number of carbonyl (C=O) groups excluding carboxylic acids is 1. The number of rotatable bonds is 2. The molecule has 0 saturated carbocycles. The van der Waals surface area contributed by atoms with Crippen molar-refractivity contribution in [3.63, 3.8) is 0 Å². The quantitative estimate of drug-likeness (QED) is 0.726. The number of hydrogen-bond acceptors (Lipinski definition) is 2. The summed E-state index contributed by atoms with van der Waals surface area (Å²) in [6.45, 7) is 0. The molecule has 6 heteroatoms. The number of nitrogens with one attached hydrogen (secondary N) is 2. The molecule has 19 heavy (non-hydrogen) atoms. The third-order valence-corrected chi connectivity index (χ3v) is 2.87. The normalized spacial score (nSPS) is 10.0. The standard InChI is InChI=1S/C13H11Cl2N3O/c14-8-4-5-12(11(15)6-8)18-13(19)17-10-3-1-2-9(16)7-10/h1-7H,16H2,(H2,17,18,19). The summed E-state index contributed by atoms with van der Waals surface area (Å²) in [5.74, 6) is 0. The highest BCUT2D eigenvalue weighted by Gasteiger charge is 2.06. The van der Waals surface area contributed by atoms with Crippen molar-refractivity contribution in [1.29, 1.82) is 0 Å². The van der Waals surface area contributed by atoms with Crippen LogP contribution in [0.1, 0.15) is 0 Å². The first-order chi connectivity index (χ1) is 9.04. The van der Waals surface area contributed by atoms with Gasteiger partial charge in [0.1, 0.15) is 0 Å². The lowest BCUT2D eigenvalue weighted by molar-refractivity contribution is 0.262. The lowest BCUT2D eigenvalue weighted by atomic mass is 10.3. The maximum Gasteiger partial charge on any atom is 0.323 e. The maximum atomic E-state index is 11.8. The summed E-state index contributed by atoms with van der Waals surface area (Å²) in [6, 6.07) is 11.3. The predicted octanol–water partition coefficient (Wildman–Crippen LogP) is 4.22. The van der Waals surface area contributed by atoms with Crippen molar-refractivity contribution in [2.45, 2.75) is 0 Å². The van der Waals surface area contributed by atoms with Crippen molar-refractivity contribution in [3.05, 3.63) is 52.5 Å². The van der Waals surface area contributed by atoms with Crippen molar-refractivity contribution < 1.29 is 4.79 Å². The summed E-state index contributed by atoms with van der Waals surface area (Å²) in [5.41, 5.74) is 7.27. The summed E-state index contributed by atoms with van der Waals surface area (Å²) in [4.78, 5) is 11.8. The van der Waals surface area contributed by atoms with E-state index in [1.54, 1.807) is 42.5 Å². The second kappa shape index (κ2) is 5.82. The molecule has 2 aromatic carbocycles. The van der Waals surface area contributed by atoms with Gasteiger partial charge >= 0.3 is 6.03 Å². The van der Waals surface area contributed by atoms with E-state index >= 15 is 0 Å². The fourth-order valence-corrected chi connectivity index (χ4v) is 1.95. The molecule has 4 N–H and O–H groups in total. The van der Waals surface area contributed by atoms with Crippen LogP contribution in [0.25, 0.3) is 0 Å². The smallest absolute Gasteiger partial charge is 0.323 e. The number of nitrogens with two attached hydrogens (primary N) is 1. The highest BCUT2D eigenvalue weighted by atomic mass is 35.5. The van der Waals surface area contributed by atoms with E-state index in [2.05, 4.69) is 10.6 Å². The fourth-order valence-electron chi connectivity index (χ4n) is 1.49. The lowest BCUT2D eigenvalue weighted by Crippen LogP contribution is -2.19. The van der Waals surface area contributed by atoms with Crippen molar-refractivity contribution in [3.8, 4) is 0 Å². The molecule has 0 atom stereocenters. The largest absolute Gasteiger partial charge is 0.399 e. The van der Waals surface area contributed by atoms with E-state index in [0.717, 1.165) is 0 Å². The van der Waals surface area contributed by atoms with Crippen LogP contribution in [-0.4, -0.2) is 6.03 Å². The van der Waals surface area contributed by atoms with Gasteiger partial charge in [-0.1, -0.05) is 29.3 Å². The Morgan fingerprint density at radius 2 is 1.84 bits per heavy atom. The third-order valence-electron chi connectivity index (χ3n) is 2.32. The molecule has 0 spiro atoms. The van der Waals surface area contributed by atoms with Crippen LogP contribution in [0, 0.1) is 0 Å². The van der Waals surface area contributed by atoms with Gasteiger partial charge in [0.05, 0.1) is 10.7 Å². The molecule has 0 saturated heterocycles. The van der Waals surface area contributed by atoms with Gasteiger partial charge in [-0.3, -0.25) is 0 Å². The second-order valence-electron chi connectivity index (χ2n) is 3.83. The van der Waals surface area contributed by atoms with E-state index in [1.807, 2.05) is 0 Å². The zero-order valence-corrected chi connectivity index (χ0v) is 11.3. The Hall–Kier alpha value is -1.91. The SMILES string of the molecule is Nc1cccc(NC(=O)Nc2ccc(Cl)cc2Cl)c1. The van der Waals surface area contributed by atoms with Crippen molar-refractivity contribution in [2.75, 3.05) is 16.4 Å². The zero-order chi connectivity index (χ0) is 13.8. The Morgan fingerprint density at radius 1 is 1.05 bits per heavy atom. The Morgan fingerprint density at radius 3 is 2.53 bits per heavy atom. The summed E-state index contributed by atoms with van der Waals surface area (Å²) >= 11 is 11.7. The van der Waals surface area contributed by atoms with Gasteiger partial charge in [0.2, 0.25) is 0 Å². The minimum absolute atomic E-state index is 0.371. The van der Waals surface area contributed by atoms with Gasteiger partial charge in [-0.05, 0) is 36.4 Å². The number of anilines is 3. The first kappa shape index (κ1) is 13.5. The molecular formula is C13H11Cl2N3O. The summed E-state index contributed by atoms with van der Waals surface area (Å²) < 4.78 is 0. The predicted molar refractivity (Wildman–Crippen MR) is 80.0 cm³/mol. The Labute approximate surface area is 120 Å². The Bertz CT molecular complexity index is 617. The van der Waals surface area contributed by atoms with Gasteiger partial charge in [0, 0.05) is 16.4 Å². The minimum atomic E-state index is -0.408. The molecule has 2 amide bonds. The van der Waals surface area contributed by atoms with Crippen LogP contribution < -0.4 is 16.4 Å². The molecule has 2 aromatic rings. The van der Waals surface area contributed by atoms with Crippen LogP contribution in [0.15, 0.2) is 42.5 Å². The summed E-state index contributed by atoms with van der Waals surface area (Å²) in [7, 11) is 0. The number of amides is 2. The van der Waals surface area contributed by atoms with E-state index in [9.17, 15) is 4.79 Å². The van der Waals surface area contributed by atoms with E-state index < -0.39 is 6.03 Å². The number of nitrogen functional groups attached to an aromatic ring is 1. The van der Waals surface area contributed by atoms with Gasteiger partial charge in [-0.15, -0.1) is 0 Å². The highest BCUT2D eigenvalue weighted by molar-refractivity contribution is 6.36. The van der Waals surface area contributed by atoms with Gasteiger partial charge < -0.3 is 16.4 Å². The molecule has 0 aromatic heterocycles. The number of benzene rings is 2. The summed E-state index contributed by atoms with van der Waals surface area (Å²) in [6.07, 6.45) is 0. The number of hydrogen-bond donors (Lipinski definition) is 3. The van der Waals surface area contributed by atoms with Crippen LogP contribution in [0.5, 0.6) is 0 Å². The van der Waals surface area contributed by atoms with Crippen LogP contribution in [0.4, 0.5) is 21.9 Å². The van der Waals surface area contributed by atoms with E-state index in [-0.39, 0.29) is 0 Å². The van der Waals surface area contributed by atoms with E-state index in [0.29, 0.717) is 27.1 Å². The minimum Gasteiger partial charge on any atom is -0.399 e. The van der Waals surface area contributed by atoms with Crippen LogP contribution in [0.3, 0.4) is 0 Å². The second-order valence-corrected chi connectivity index (χ2v) is 4.67. The molecule has 98 valence electrons. The van der Waals surface area contributed by atoms with E-state index in [4.69, 9.17) is 28.9 Å². The molecule has 0 bridgehead atoms. The molecule has 0 radical (unpaired) electrons. The molecular weight excluding hydrogens is 285 g/mol. The Balaban J connectivity index is 2.05. The van der Waals surface area contributed by atoms with E-state index in [1.165, 1.54) is 0 Å². The zero-order valence-electron chi connectivity index (χ0n) is 9.78. The summed E-state index contributed by atoms with van der Waals surface area (Å²) in [5, 5.41) is 6.15. The molecule has 0 heterocycles. The fraction of sp³-hybridized carbons (Fsp3) is 0. The molecule has 0 unspecified atom stereocenters. The van der Waals surface area contributed by atoms with Crippen LogP contribution in [-0.2, 0) is 0 Å². The van der Waals surface area contributed by atoms with Crippen molar-refractivity contribution in [1.82, 2.24) is 0 Å². The molecule has 0 aliphatic rings. The molecule has 4 nitrogen and oxygen atoms in total. The number of halogens is 2. The number of carbonyl (C=O) groups is 1. The average molecular weight is 296 g/mol. The highest BCUT2D eigenvalue weighted by Crippen LogP contribution is 2.25. The number of urea groups is 1. The third kappa shape index (κ3) is 3.77. The first-order valence-electron chi connectivity index (χ1n) is 5.43. The van der Waals surface area contributed by atoms with Gasteiger partial charge in [0.15, 0.2) is 0 Å². The van der Waals surface area contributed by atoms with Crippen molar-refractivity contribution in [2.24, 2.45) is 0 Å². The van der Waals surface area contributed by atoms with Crippen LogP contribution >= 0.6 is 23.2 Å². The average Bonchev–Trinajstić information content (AvgIpc) is 2.33. The molecule has 0 fully saturated rings. The molecule has 0 aliphatic carbocycles. The van der Waals surface area contributed by atoms with Gasteiger partial charge in [-0.25, -0.2) is 4.79 Å². The lowest BCUT2D eigenvalue weighted by Gasteiger charge is -2.09. The first-order valence-corrected chi connectivity index (χ1v) is 6.19.